The van der Waals surface area contributed by atoms with Gasteiger partial charge in [0, 0.05) is 19.5 Å². The number of carbonyl (C=O) groups excluding carboxylic acids is 1. The van der Waals surface area contributed by atoms with Crippen LogP contribution in [0.1, 0.15) is 39.5 Å². The molecule has 0 aromatic heterocycles. The number of nitrogens with zero attached hydrogens (tertiary/aromatic N) is 1. The van der Waals surface area contributed by atoms with E-state index in [0.29, 0.717) is 19.5 Å². The predicted octanol–water partition coefficient (Wildman–Crippen LogP) is 4.18. The van der Waals surface area contributed by atoms with Crippen molar-refractivity contribution in [1.82, 2.24) is 4.90 Å². The van der Waals surface area contributed by atoms with Gasteiger partial charge in [-0.05, 0) is 31.1 Å². The zero-order chi connectivity index (χ0) is 17.1. The van der Waals surface area contributed by atoms with Crippen molar-refractivity contribution in [3.05, 3.63) is 24.3 Å². The summed E-state index contributed by atoms with van der Waals surface area (Å²) < 4.78 is 50.8. The first-order valence-electron chi connectivity index (χ1n) is 7.90. The average Bonchev–Trinajstić information content (AvgIpc) is 2.84. The Kier molecular flexibility index (Phi) is 5.08. The molecule has 0 N–H and O–H groups in total. The average molecular weight is 333 g/mol. The third kappa shape index (κ3) is 3.54. The van der Waals surface area contributed by atoms with Crippen LogP contribution in [0.5, 0.6) is 0 Å². The molecule has 1 amide bonds. The minimum atomic E-state index is -4.62. The predicted molar refractivity (Wildman–Crippen MR) is 78.8 cm³/mol. The molecule has 0 aromatic carbocycles. The number of halogens is 3. The molecule has 2 unspecified atom stereocenters. The summed E-state index contributed by atoms with van der Waals surface area (Å²) in [5.41, 5.74) is -2.53. The first-order valence-corrected chi connectivity index (χ1v) is 7.90. The van der Waals surface area contributed by atoms with Gasteiger partial charge in [0.05, 0.1) is 0 Å². The molecular formula is C16H22F3NO3. The molecule has 0 radical (unpaired) electrons. The normalized spacial score (nSPS) is 31.3. The van der Waals surface area contributed by atoms with Crippen molar-refractivity contribution in [1.29, 1.82) is 0 Å². The zero-order valence-electron chi connectivity index (χ0n) is 13.4. The Bertz CT molecular complexity index is 503. The van der Waals surface area contributed by atoms with E-state index in [9.17, 15) is 18.0 Å². The highest BCUT2D eigenvalue weighted by Gasteiger charge is 2.61. The van der Waals surface area contributed by atoms with Crippen molar-refractivity contribution in [3.63, 3.8) is 0 Å². The van der Waals surface area contributed by atoms with Gasteiger partial charge in [-0.15, -0.1) is 0 Å². The molecule has 2 rings (SSSR count). The molecule has 130 valence electrons. The van der Waals surface area contributed by atoms with Crippen molar-refractivity contribution in [3.8, 4) is 0 Å². The van der Waals surface area contributed by atoms with Crippen molar-refractivity contribution in [2.24, 2.45) is 0 Å². The van der Waals surface area contributed by atoms with E-state index in [1.807, 2.05) is 6.92 Å². The minimum absolute atomic E-state index is 0.177. The summed E-state index contributed by atoms with van der Waals surface area (Å²) in [5, 5.41) is 0. The van der Waals surface area contributed by atoms with Gasteiger partial charge < -0.3 is 14.4 Å². The summed E-state index contributed by atoms with van der Waals surface area (Å²) in [6, 6.07) is 0. The lowest BCUT2D eigenvalue weighted by Crippen LogP contribution is -2.53. The lowest BCUT2D eigenvalue weighted by Gasteiger charge is -2.40. The molecule has 2 aliphatic heterocycles. The molecule has 0 aliphatic carbocycles. The van der Waals surface area contributed by atoms with Gasteiger partial charge >= 0.3 is 12.3 Å². The first kappa shape index (κ1) is 17.8. The van der Waals surface area contributed by atoms with Crippen LogP contribution >= 0.6 is 0 Å². The molecule has 0 aromatic rings. The van der Waals surface area contributed by atoms with Gasteiger partial charge in [0.25, 0.3) is 0 Å². The number of hydrogen-bond donors (Lipinski definition) is 0. The van der Waals surface area contributed by atoms with Crippen molar-refractivity contribution in [2.75, 3.05) is 13.1 Å². The number of carbonyl (C=O) groups is 1. The maximum atomic E-state index is 13.4. The van der Waals surface area contributed by atoms with Crippen LogP contribution in [0.3, 0.4) is 0 Å². The lowest BCUT2D eigenvalue weighted by molar-refractivity contribution is -0.299. The summed E-state index contributed by atoms with van der Waals surface area (Å²) in [7, 11) is 0. The van der Waals surface area contributed by atoms with Gasteiger partial charge in [0.15, 0.2) is 0 Å². The molecule has 2 heterocycles. The summed E-state index contributed by atoms with van der Waals surface area (Å²) in [6.07, 6.45) is 1.66. The highest BCUT2D eigenvalue weighted by Crippen LogP contribution is 2.46. The second kappa shape index (κ2) is 6.55. The molecule has 7 heteroatoms. The van der Waals surface area contributed by atoms with Crippen LogP contribution < -0.4 is 0 Å². The molecule has 1 spiro atoms. The minimum Gasteiger partial charge on any atom is -0.413 e. The van der Waals surface area contributed by atoms with Gasteiger partial charge in [-0.3, -0.25) is 0 Å². The van der Waals surface area contributed by atoms with Crippen molar-refractivity contribution < 1.29 is 27.4 Å². The van der Waals surface area contributed by atoms with Crippen LogP contribution in [0, 0.1) is 0 Å². The van der Waals surface area contributed by atoms with Gasteiger partial charge in [0.2, 0.25) is 11.4 Å². The number of allylic oxidation sites excluding steroid dienone is 1. The second-order valence-electron chi connectivity index (χ2n) is 5.81. The summed E-state index contributed by atoms with van der Waals surface area (Å²) in [4.78, 5) is 13.5. The van der Waals surface area contributed by atoms with E-state index in [1.165, 1.54) is 17.1 Å². The molecule has 23 heavy (non-hydrogen) atoms. The third-order valence-corrected chi connectivity index (χ3v) is 4.00. The van der Waals surface area contributed by atoms with E-state index in [4.69, 9.17) is 9.47 Å². The van der Waals surface area contributed by atoms with Gasteiger partial charge in [-0.1, -0.05) is 26.3 Å². The smallest absolute Gasteiger partial charge is 0.413 e. The van der Waals surface area contributed by atoms with Gasteiger partial charge in [0.1, 0.15) is 0 Å². The van der Waals surface area contributed by atoms with Crippen LogP contribution in [0.15, 0.2) is 24.3 Å². The highest BCUT2D eigenvalue weighted by molar-refractivity contribution is 5.69. The van der Waals surface area contributed by atoms with Crippen LogP contribution in [0.4, 0.5) is 18.0 Å². The summed E-state index contributed by atoms with van der Waals surface area (Å²) in [5.74, 6) is -1.63. The number of amides is 1. The highest BCUT2D eigenvalue weighted by atomic mass is 19.4. The standard InChI is InChI=1S/C16H22F3NO3/c1-3-5-7-14(16(17,18)19)8-9-15(23-14)10-12-20(11-6-4-2)13(21)22-15/h5,7-9H,3-4,6,10-12H2,1-2H3/b7-5+. The fourth-order valence-electron chi connectivity index (χ4n) is 2.62. The van der Waals surface area contributed by atoms with Crippen molar-refractivity contribution in [2.45, 2.75) is 57.1 Å². The monoisotopic (exact) mass is 333 g/mol. The Morgan fingerprint density at radius 3 is 2.65 bits per heavy atom. The molecule has 1 fully saturated rings. The Hall–Kier alpha value is -1.50. The molecule has 0 bridgehead atoms. The molecule has 0 saturated carbocycles. The maximum Gasteiger partial charge on any atom is 0.424 e. The zero-order valence-corrected chi connectivity index (χ0v) is 13.4. The molecule has 2 aliphatic rings. The Morgan fingerprint density at radius 1 is 1.35 bits per heavy atom. The second-order valence-corrected chi connectivity index (χ2v) is 5.81. The van der Waals surface area contributed by atoms with E-state index >= 15 is 0 Å². The number of alkyl halides is 3. The van der Waals surface area contributed by atoms with Crippen molar-refractivity contribution >= 4 is 6.09 Å². The van der Waals surface area contributed by atoms with E-state index in [-0.39, 0.29) is 6.42 Å². The largest absolute Gasteiger partial charge is 0.424 e. The lowest BCUT2D eigenvalue weighted by atomic mass is 10.0. The Morgan fingerprint density at radius 2 is 2.09 bits per heavy atom. The Labute approximate surface area is 133 Å². The molecular weight excluding hydrogens is 311 g/mol. The number of unbranched alkanes of at least 4 members (excludes halogenated alkanes) is 1. The first-order chi connectivity index (χ1) is 10.8. The molecule has 1 saturated heterocycles. The fraction of sp³-hybridized carbons (Fsp3) is 0.688. The van der Waals surface area contributed by atoms with Crippen LogP contribution in [-0.4, -0.2) is 41.6 Å². The van der Waals surface area contributed by atoms with E-state index in [2.05, 4.69) is 0 Å². The van der Waals surface area contributed by atoms with Crippen LogP contribution in [0.25, 0.3) is 0 Å². The van der Waals surface area contributed by atoms with Crippen LogP contribution in [0.2, 0.25) is 0 Å². The molecule has 2 atom stereocenters. The molecule has 4 nitrogen and oxygen atoms in total. The number of hydrogen-bond acceptors (Lipinski definition) is 3. The van der Waals surface area contributed by atoms with Gasteiger partial charge in [-0.2, -0.15) is 13.2 Å². The summed E-state index contributed by atoms with van der Waals surface area (Å²) in [6.45, 7) is 4.59. The van der Waals surface area contributed by atoms with Crippen LogP contribution in [-0.2, 0) is 9.47 Å². The number of rotatable bonds is 5. The van der Waals surface area contributed by atoms with E-state index in [1.54, 1.807) is 6.92 Å². The van der Waals surface area contributed by atoms with E-state index in [0.717, 1.165) is 25.0 Å². The third-order valence-electron chi connectivity index (χ3n) is 4.00. The number of ether oxygens (including phenoxy) is 2. The maximum absolute atomic E-state index is 13.4. The Balaban J connectivity index is 2.14. The topological polar surface area (TPSA) is 38.8 Å². The SMILES string of the molecule is CC/C=C/C1(C(F)(F)F)C=CC2(CCN(CCCC)C(=O)O2)O1. The quantitative estimate of drug-likeness (QED) is 0.709. The van der Waals surface area contributed by atoms with E-state index < -0.39 is 23.7 Å². The van der Waals surface area contributed by atoms with Gasteiger partial charge in [-0.25, -0.2) is 4.79 Å². The summed E-state index contributed by atoms with van der Waals surface area (Å²) >= 11 is 0. The fourth-order valence-corrected chi connectivity index (χ4v) is 2.62.